The van der Waals surface area contributed by atoms with Crippen LogP contribution in [0.4, 0.5) is 0 Å². The summed E-state index contributed by atoms with van der Waals surface area (Å²) in [4.78, 5) is 30.2. The van der Waals surface area contributed by atoms with Crippen LogP contribution in [0.1, 0.15) is 49.5 Å². The number of ether oxygens (including phenoxy) is 2. The van der Waals surface area contributed by atoms with Crippen molar-refractivity contribution in [2.75, 3.05) is 33.3 Å². The number of hydrogen-bond donors (Lipinski definition) is 2. The maximum atomic E-state index is 15.0. The van der Waals surface area contributed by atoms with Crippen LogP contribution in [0, 0.1) is 0 Å². The summed E-state index contributed by atoms with van der Waals surface area (Å²) in [5.41, 5.74) is 1.23. The zero-order valence-electron chi connectivity index (χ0n) is 24.8. The second-order valence-electron chi connectivity index (χ2n) is 11.4. The minimum absolute atomic E-state index is 0.0164. The summed E-state index contributed by atoms with van der Waals surface area (Å²) < 4.78 is 11.9. The van der Waals surface area contributed by atoms with Crippen LogP contribution >= 0.6 is 23.2 Å². The van der Waals surface area contributed by atoms with Gasteiger partial charge in [0.25, 0.3) is 5.91 Å². The summed E-state index contributed by atoms with van der Waals surface area (Å²) >= 11 is 12.5. The SMILES string of the molecule is COc1ccc(C2(C(=O)N3CCN(CC=O)C(C)C3)NC(c3ccc(Cl)cc3)C(c3ccc(Cl)cc3)N2)c(OC(C)C)c1. The van der Waals surface area contributed by atoms with E-state index in [-0.39, 0.29) is 30.1 Å². The molecule has 0 aliphatic carbocycles. The van der Waals surface area contributed by atoms with Crippen molar-refractivity contribution in [3.05, 3.63) is 93.5 Å². The van der Waals surface area contributed by atoms with Crippen molar-refractivity contribution in [3.8, 4) is 11.5 Å². The predicted molar refractivity (Wildman–Crippen MR) is 169 cm³/mol. The van der Waals surface area contributed by atoms with E-state index in [2.05, 4.69) is 15.5 Å². The summed E-state index contributed by atoms with van der Waals surface area (Å²) in [6, 6.07) is 20.3. The lowest BCUT2D eigenvalue weighted by molar-refractivity contribution is -0.142. The third kappa shape index (κ3) is 6.54. The van der Waals surface area contributed by atoms with Gasteiger partial charge < -0.3 is 19.2 Å². The fraction of sp³-hybridized carbons (Fsp3) is 0.394. The molecule has 228 valence electrons. The van der Waals surface area contributed by atoms with Gasteiger partial charge in [-0.15, -0.1) is 0 Å². The van der Waals surface area contributed by atoms with Crippen LogP contribution in [0.25, 0.3) is 0 Å². The third-order valence-corrected chi connectivity index (χ3v) is 8.68. The molecular formula is C33H38Cl2N4O4. The predicted octanol–water partition coefficient (Wildman–Crippen LogP) is 5.35. The Morgan fingerprint density at radius 2 is 1.56 bits per heavy atom. The maximum Gasteiger partial charge on any atom is 0.262 e. The van der Waals surface area contributed by atoms with Gasteiger partial charge in [-0.3, -0.25) is 20.3 Å². The molecule has 0 radical (unpaired) electrons. The number of rotatable bonds is 9. The lowest BCUT2D eigenvalue weighted by atomic mass is 9.95. The lowest BCUT2D eigenvalue weighted by Gasteiger charge is -2.43. The number of carbonyl (C=O) groups is 2. The largest absolute Gasteiger partial charge is 0.497 e. The maximum absolute atomic E-state index is 15.0. The second-order valence-corrected chi connectivity index (χ2v) is 12.3. The Labute approximate surface area is 263 Å². The van der Waals surface area contributed by atoms with Gasteiger partial charge in [0.15, 0.2) is 5.66 Å². The van der Waals surface area contributed by atoms with Crippen molar-refractivity contribution >= 4 is 35.4 Å². The molecule has 8 nitrogen and oxygen atoms in total. The molecule has 1 amide bonds. The number of piperazine rings is 1. The first-order valence-corrected chi connectivity index (χ1v) is 15.3. The summed E-state index contributed by atoms with van der Waals surface area (Å²) in [5, 5.41) is 8.76. The van der Waals surface area contributed by atoms with Gasteiger partial charge >= 0.3 is 0 Å². The summed E-state index contributed by atoms with van der Waals surface area (Å²) in [6.45, 7) is 7.84. The first-order valence-electron chi connectivity index (χ1n) is 14.5. The Morgan fingerprint density at radius 3 is 2.05 bits per heavy atom. The number of amides is 1. The average Bonchev–Trinajstić information content (AvgIpc) is 3.40. The van der Waals surface area contributed by atoms with Crippen molar-refractivity contribution in [1.82, 2.24) is 20.4 Å². The Morgan fingerprint density at radius 1 is 0.977 bits per heavy atom. The van der Waals surface area contributed by atoms with Crippen molar-refractivity contribution in [3.63, 3.8) is 0 Å². The highest BCUT2D eigenvalue weighted by Crippen LogP contribution is 2.45. The fourth-order valence-corrected chi connectivity index (χ4v) is 6.29. The molecule has 0 bridgehead atoms. The van der Waals surface area contributed by atoms with E-state index >= 15 is 0 Å². The molecular weight excluding hydrogens is 587 g/mol. The van der Waals surface area contributed by atoms with Crippen LogP contribution in [-0.2, 0) is 15.3 Å². The van der Waals surface area contributed by atoms with Crippen molar-refractivity contribution < 1.29 is 19.1 Å². The number of nitrogens with zero attached hydrogens (tertiary/aromatic N) is 2. The van der Waals surface area contributed by atoms with Crippen LogP contribution in [-0.4, -0.2) is 67.4 Å². The van der Waals surface area contributed by atoms with Crippen LogP contribution in [0.3, 0.4) is 0 Å². The van der Waals surface area contributed by atoms with Crippen molar-refractivity contribution in [2.24, 2.45) is 0 Å². The topological polar surface area (TPSA) is 83.1 Å². The Hall–Kier alpha value is -3.14. The minimum Gasteiger partial charge on any atom is -0.497 e. The fourth-order valence-electron chi connectivity index (χ4n) is 6.04. The molecule has 2 aliphatic heterocycles. The quantitative estimate of drug-likeness (QED) is 0.311. The van der Waals surface area contributed by atoms with Crippen LogP contribution < -0.4 is 20.1 Å². The molecule has 2 heterocycles. The highest BCUT2D eigenvalue weighted by atomic mass is 35.5. The zero-order valence-corrected chi connectivity index (χ0v) is 26.4. The minimum atomic E-state index is -1.36. The van der Waals surface area contributed by atoms with Gasteiger partial charge in [0, 0.05) is 47.4 Å². The molecule has 2 fully saturated rings. The number of methoxy groups -OCH3 is 1. The number of halogens is 2. The first-order chi connectivity index (χ1) is 20.6. The second kappa shape index (κ2) is 13.2. The van der Waals surface area contributed by atoms with Gasteiger partial charge in [-0.05, 0) is 68.3 Å². The van der Waals surface area contributed by atoms with Gasteiger partial charge in [-0.2, -0.15) is 0 Å². The van der Waals surface area contributed by atoms with Crippen molar-refractivity contribution in [2.45, 2.75) is 50.7 Å². The highest BCUT2D eigenvalue weighted by molar-refractivity contribution is 6.30. The van der Waals surface area contributed by atoms with E-state index in [1.54, 1.807) is 7.11 Å². The van der Waals surface area contributed by atoms with E-state index in [0.29, 0.717) is 53.3 Å². The van der Waals surface area contributed by atoms with E-state index in [9.17, 15) is 9.59 Å². The number of hydrogen-bond acceptors (Lipinski definition) is 7. The molecule has 5 rings (SSSR count). The first kappa shape index (κ1) is 31.3. The molecule has 3 unspecified atom stereocenters. The monoisotopic (exact) mass is 624 g/mol. The highest BCUT2D eigenvalue weighted by Gasteiger charge is 2.55. The number of nitrogens with one attached hydrogen (secondary N) is 2. The summed E-state index contributed by atoms with van der Waals surface area (Å²) in [7, 11) is 1.61. The average molecular weight is 626 g/mol. The Balaban J connectivity index is 1.66. The van der Waals surface area contributed by atoms with E-state index in [1.165, 1.54) is 0 Å². The number of carbonyl (C=O) groups excluding carboxylic acids is 2. The summed E-state index contributed by atoms with van der Waals surface area (Å²) in [5.74, 6) is 1.04. The Kier molecular flexibility index (Phi) is 9.63. The van der Waals surface area contributed by atoms with Crippen molar-refractivity contribution in [1.29, 1.82) is 0 Å². The van der Waals surface area contributed by atoms with Gasteiger partial charge in [0.1, 0.15) is 17.8 Å². The molecule has 3 aromatic rings. The van der Waals surface area contributed by atoms with Crippen LogP contribution in [0.2, 0.25) is 10.0 Å². The van der Waals surface area contributed by atoms with Gasteiger partial charge in [-0.25, -0.2) is 0 Å². The normalized spacial score (nSPS) is 24.3. The molecule has 3 aromatic carbocycles. The summed E-state index contributed by atoms with van der Waals surface area (Å²) in [6.07, 6.45) is 0.765. The van der Waals surface area contributed by atoms with E-state index < -0.39 is 5.66 Å². The zero-order chi connectivity index (χ0) is 30.7. The number of aldehydes is 1. The standard InChI is InChI=1S/C33H38Cl2N4O4/c1-21(2)43-29-19-27(42-4)13-14-28(29)33(32(41)39-16-15-38(17-18-40)22(3)20-39)36-30(23-5-9-25(34)10-6-23)31(37-33)24-7-11-26(35)12-8-24/h5-14,18-19,21-22,30-31,36-37H,15-17,20H2,1-4H3. The molecule has 2 saturated heterocycles. The Bertz CT molecular complexity index is 1380. The molecule has 2 aliphatic rings. The van der Waals surface area contributed by atoms with Crippen LogP contribution in [0.5, 0.6) is 11.5 Å². The molecule has 3 atom stereocenters. The molecule has 0 spiro atoms. The molecule has 2 N–H and O–H groups in total. The van der Waals surface area contributed by atoms with Gasteiger partial charge in [-0.1, -0.05) is 47.5 Å². The molecule has 10 heteroatoms. The molecule has 0 aromatic heterocycles. The molecule has 0 saturated carbocycles. The van der Waals surface area contributed by atoms with E-state index in [0.717, 1.165) is 17.4 Å². The molecule has 43 heavy (non-hydrogen) atoms. The third-order valence-electron chi connectivity index (χ3n) is 8.17. The smallest absolute Gasteiger partial charge is 0.262 e. The van der Waals surface area contributed by atoms with Gasteiger partial charge in [0.2, 0.25) is 0 Å². The van der Waals surface area contributed by atoms with Gasteiger partial charge in [0.05, 0.1) is 31.8 Å². The van der Waals surface area contributed by atoms with Crippen LogP contribution in [0.15, 0.2) is 66.7 Å². The van der Waals surface area contributed by atoms with E-state index in [4.69, 9.17) is 32.7 Å². The number of benzene rings is 3. The lowest BCUT2D eigenvalue weighted by Crippen LogP contribution is -2.63. The van der Waals surface area contributed by atoms with E-state index in [1.807, 2.05) is 92.4 Å².